The number of aromatic nitrogens is 6. The smallest absolute Gasteiger partial charge is 0.273 e. The Hall–Kier alpha value is -1.66. The lowest BCUT2D eigenvalue weighted by Crippen LogP contribution is -2.31. The first-order valence-electron chi connectivity index (χ1n) is 3.56. The maximum absolute atomic E-state index is 3.99. The minimum absolute atomic E-state index is 0.0231. The zero-order chi connectivity index (χ0) is 8.39. The molecule has 0 aliphatic rings. The Morgan fingerprint density at radius 2 is 1.50 bits per heavy atom. The highest BCUT2D eigenvalue weighted by atomic mass is 15.4. The molecule has 0 amide bonds. The molecule has 0 bridgehead atoms. The maximum atomic E-state index is 3.99. The monoisotopic (exact) mass is 162 g/mol. The molecule has 0 unspecified atom stereocenters. The lowest BCUT2D eigenvalue weighted by Gasteiger charge is -2.04. The van der Waals surface area contributed by atoms with Crippen molar-refractivity contribution in [2.45, 2.75) is 6.82 Å². The molecule has 0 N–H and O–H groups in total. The van der Waals surface area contributed by atoms with Crippen LogP contribution in [-0.2, 0) is 0 Å². The summed E-state index contributed by atoms with van der Waals surface area (Å²) in [6, 6.07) is 0. The SMILES string of the molecule is CB(n1cncn1)n1cncn1. The van der Waals surface area contributed by atoms with E-state index in [2.05, 4.69) is 20.2 Å². The van der Waals surface area contributed by atoms with Gasteiger partial charge in [-0.05, 0) is 6.82 Å². The molecule has 0 atom stereocenters. The van der Waals surface area contributed by atoms with Crippen molar-refractivity contribution in [2.24, 2.45) is 0 Å². The van der Waals surface area contributed by atoms with E-state index in [-0.39, 0.29) is 6.98 Å². The van der Waals surface area contributed by atoms with Gasteiger partial charge in [0.05, 0.1) is 0 Å². The second kappa shape index (κ2) is 2.76. The maximum Gasteiger partial charge on any atom is 0.419 e. The van der Waals surface area contributed by atoms with Crippen LogP contribution in [0.15, 0.2) is 25.3 Å². The van der Waals surface area contributed by atoms with E-state index >= 15 is 0 Å². The molecule has 0 aliphatic heterocycles. The highest BCUT2D eigenvalue weighted by molar-refractivity contribution is 6.52. The number of nitrogens with zero attached hydrogens (tertiary/aromatic N) is 6. The molecule has 0 spiro atoms. The van der Waals surface area contributed by atoms with Gasteiger partial charge >= 0.3 is 6.98 Å². The molecule has 0 fully saturated rings. The molecular formula is C5H7BN6. The quantitative estimate of drug-likeness (QED) is 0.552. The lowest BCUT2D eigenvalue weighted by molar-refractivity contribution is 0.855. The Kier molecular flexibility index (Phi) is 1.62. The van der Waals surface area contributed by atoms with Crippen molar-refractivity contribution in [3.63, 3.8) is 0 Å². The molecule has 2 aromatic heterocycles. The topological polar surface area (TPSA) is 61.4 Å². The second-order valence-corrected chi connectivity index (χ2v) is 2.38. The van der Waals surface area contributed by atoms with Crippen molar-refractivity contribution >= 4 is 6.98 Å². The molecule has 2 heterocycles. The standard InChI is InChI=1S/C5H7BN6/c1-6(11-4-7-2-9-11)12-5-8-3-10-12/h2-5H,1H3. The van der Waals surface area contributed by atoms with Gasteiger partial charge in [-0.2, -0.15) is 10.2 Å². The molecule has 12 heavy (non-hydrogen) atoms. The predicted molar refractivity (Wildman–Crippen MR) is 42.5 cm³/mol. The normalized spacial score (nSPS) is 10.1. The minimum atomic E-state index is 0.0231. The van der Waals surface area contributed by atoms with Crippen LogP contribution in [-0.4, -0.2) is 36.3 Å². The third-order valence-corrected chi connectivity index (χ3v) is 1.64. The zero-order valence-corrected chi connectivity index (χ0v) is 6.57. The summed E-state index contributed by atoms with van der Waals surface area (Å²) in [4.78, 5) is 7.69. The van der Waals surface area contributed by atoms with Gasteiger partial charge in [0, 0.05) is 0 Å². The molecule has 2 aromatic rings. The van der Waals surface area contributed by atoms with E-state index in [1.54, 1.807) is 21.8 Å². The summed E-state index contributed by atoms with van der Waals surface area (Å²) in [6.45, 7) is 1.98. The Labute approximate surface area is 69.4 Å². The highest BCUT2D eigenvalue weighted by Crippen LogP contribution is 1.88. The third-order valence-electron chi connectivity index (χ3n) is 1.64. The Morgan fingerprint density at radius 1 is 1.00 bits per heavy atom. The van der Waals surface area contributed by atoms with Gasteiger partial charge in [0.15, 0.2) is 0 Å². The molecule has 0 aliphatic carbocycles. The van der Waals surface area contributed by atoms with Gasteiger partial charge in [-0.1, -0.05) is 0 Å². The van der Waals surface area contributed by atoms with E-state index < -0.39 is 0 Å². The average Bonchev–Trinajstić information content (AvgIpc) is 2.77. The summed E-state index contributed by atoms with van der Waals surface area (Å²) >= 11 is 0. The van der Waals surface area contributed by atoms with E-state index in [1.807, 2.05) is 6.82 Å². The molecule has 0 saturated heterocycles. The molecule has 60 valence electrons. The fourth-order valence-corrected chi connectivity index (χ4v) is 0.942. The van der Waals surface area contributed by atoms with Gasteiger partial charge in [-0.15, -0.1) is 0 Å². The summed E-state index contributed by atoms with van der Waals surface area (Å²) in [6.07, 6.45) is 6.28. The van der Waals surface area contributed by atoms with Crippen molar-refractivity contribution in [3.05, 3.63) is 25.3 Å². The first-order chi connectivity index (χ1) is 5.88. The van der Waals surface area contributed by atoms with Crippen LogP contribution in [0.3, 0.4) is 0 Å². The van der Waals surface area contributed by atoms with Crippen LogP contribution >= 0.6 is 0 Å². The Balaban J connectivity index is 2.27. The molecule has 0 radical (unpaired) electrons. The lowest BCUT2D eigenvalue weighted by atomic mass is 9.82. The van der Waals surface area contributed by atoms with Gasteiger partial charge in [0.2, 0.25) is 0 Å². The molecule has 7 heteroatoms. The predicted octanol–water partition coefficient (Wildman–Crippen LogP) is -0.616. The van der Waals surface area contributed by atoms with Gasteiger partial charge < -0.3 is 0 Å². The molecule has 2 rings (SSSR count). The van der Waals surface area contributed by atoms with Crippen LogP contribution < -0.4 is 0 Å². The van der Waals surface area contributed by atoms with Crippen molar-refractivity contribution in [1.29, 1.82) is 0 Å². The summed E-state index contributed by atoms with van der Waals surface area (Å²) < 4.78 is 3.41. The van der Waals surface area contributed by atoms with Crippen LogP contribution in [0.2, 0.25) is 6.82 Å². The van der Waals surface area contributed by atoms with Crippen LogP contribution in [0.25, 0.3) is 0 Å². The number of hydrogen-bond acceptors (Lipinski definition) is 4. The Bertz CT molecular complexity index is 292. The molecule has 0 saturated carbocycles. The van der Waals surface area contributed by atoms with Crippen molar-refractivity contribution in [2.75, 3.05) is 0 Å². The van der Waals surface area contributed by atoms with Crippen molar-refractivity contribution < 1.29 is 0 Å². The van der Waals surface area contributed by atoms with Crippen LogP contribution in [0.5, 0.6) is 0 Å². The second-order valence-electron chi connectivity index (χ2n) is 2.38. The van der Waals surface area contributed by atoms with E-state index in [0.717, 1.165) is 0 Å². The molecular weight excluding hydrogens is 155 g/mol. The summed E-state index contributed by atoms with van der Waals surface area (Å²) in [5, 5.41) is 7.98. The summed E-state index contributed by atoms with van der Waals surface area (Å²) in [7, 11) is 0. The molecule has 6 nitrogen and oxygen atoms in total. The zero-order valence-electron chi connectivity index (χ0n) is 6.57. The fourth-order valence-electron chi connectivity index (χ4n) is 0.942. The average molecular weight is 162 g/mol. The number of rotatable bonds is 2. The van der Waals surface area contributed by atoms with Crippen LogP contribution in [0.1, 0.15) is 0 Å². The first-order valence-corrected chi connectivity index (χ1v) is 3.56. The van der Waals surface area contributed by atoms with E-state index in [0.29, 0.717) is 0 Å². The fraction of sp³-hybridized carbons (Fsp3) is 0.200. The van der Waals surface area contributed by atoms with E-state index in [1.165, 1.54) is 12.7 Å². The van der Waals surface area contributed by atoms with E-state index in [4.69, 9.17) is 0 Å². The first kappa shape index (κ1) is 7.02. The highest BCUT2D eigenvalue weighted by Gasteiger charge is 2.14. The largest absolute Gasteiger partial charge is 0.419 e. The van der Waals surface area contributed by atoms with E-state index in [9.17, 15) is 0 Å². The minimum Gasteiger partial charge on any atom is -0.273 e. The van der Waals surface area contributed by atoms with Gasteiger partial charge in [-0.3, -0.25) is 9.19 Å². The summed E-state index contributed by atoms with van der Waals surface area (Å²) in [5.74, 6) is 0. The van der Waals surface area contributed by atoms with Crippen LogP contribution in [0.4, 0.5) is 0 Å². The number of hydrogen-bond donors (Lipinski definition) is 0. The third kappa shape index (κ3) is 1.09. The Morgan fingerprint density at radius 3 is 1.83 bits per heavy atom. The van der Waals surface area contributed by atoms with Gasteiger partial charge in [-0.25, -0.2) is 9.97 Å². The van der Waals surface area contributed by atoms with Gasteiger partial charge in [0.25, 0.3) is 0 Å². The summed E-state index contributed by atoms with van der Waals surface area (Å²) in [5.41, 5.74) is 0. The van der Waals surface area contributed by atoms with Crippen LogP contribution in [0, 0.1) is 0 Å². The van der Waals surface area contributed by atoms with Gasteiger partial charge in [0.1, 0.15) is 25.3 Å². The van der Waals surface area contributed by atoms with Crippen molar-refractivity contribution in [1.82, 2.24) is 29.4 Å². The van der Waals surface area contributed by atoms with Crippen molar-refractivity contribution in [3.8, 4) is 0 Å². The molecule has 0 aromatic carbocycles.